The first-order chi connectivity index (χ1) is 59.5. The number of benzene rings is 10. The van der Waals surface area contributed by atoms with Crippen molar-refractivity contribution in [3.8, 4) is 57.2 Å². The van der Waals surface area contributed by atoms with Gasteiger partial charge in [0.25, 0.3) is 0 Å². The topological polar surface area (TPSA) is 310 Å². The maximum Gasteiger partial charge on any atom is 0.373 e. The van der Waals surface area contributed by atoms with Crippen LogP contribution in [0.2, 0.25) is 5.02 Å². The van der Waals surface area contributed by atoms with Crippen LogP contribution >= 0.6 is 27.5 Å². The summed E-state index contributed by atoms with van der Waals surface area (Å²) in [5, 5.41) is 38.4. The first-order valence-corrected chi connectivity index (χ1v) is 39.2. The number of rotatable bonds is 21. The van der Waals surface area contributed by atoms with E-state index in [1.165, 1.54) is 61.8 Å². The molecule has 0 aliphatic heterocycles. The first kappa shape index (κ1) is 110. The molecule has 5 aromatic heterocycles. The number of tetrazole rings is 5. The summed E-state index contributed by atoms with van der Waals surface area (Å²) in [6.07, 6.45) is -8.50. The van der Waals surface area contributed by atoms with E-state index in [-0.39, 0.29) is 212 Å². The van der Waals surface area contributed by atoms with Gasteiger partial charge in [-0.3, -0.25) is 0 Å². The minimum atomic E-state index is -4.55. The summed E-state index contributed by atoms with van der Waals surface area (Å²) in [6.45, 7) is 18.0. The summed E-state index contributed by atoms with van der Waals surface area (Å²) in [7, 11) is 7.59. The van der Waals surface area contributed by atoms with E-state index in [4.69, 9.17) is 35.3 Å². The first-order valence-electron chi connectivity index (χ1n) is 38.1. The van der Waals surface area contributed by atoms with Crippen molar-refractivity contribution in [1.29, 1.82) is 0 Å². The van der Waals surface area contributed by atoms with Gasteiger partial charge in [-0.15, -0.1) is 47.0 Å². The Morgan fingerprint density at radius 3 is 0.946 bits per heavy atom. The Balaban J connectivity index is 0.000000248. The molecule has 665 valence electrons. The summed E-state index contributed by atoms with van der Waals surface area (Å²) in [6, 6.07) is 59.4. The Morgan fingerprint density at radius 1 is 0.346 bits per heavy atom. The smallest absolute Gasteiger partial charge is 0.373 e. The van der Waals surface area contributed by atoms with Crippen LogP contribution in [0, 0.1) is 85.7 Å². The van der Waals surface area contributed by atoms with Gasteiger partial charge in [0.2, 0.25) is 0 Å². The van der Waals surface area contributed by atoms with Crippen LogP contribution in [-0.2, 0) is 251 Å². The number of nitrogens with zero attached hydrogens (tertiary/aromatic N) is 20. The van der Waals surface area contributed by atoms with Crippen molar-refractivity contribution >= 4 is 27.5 Å². The molecule has 5 radical (unpaired) electrons. The van der Waals surface area contributed by atoms with Gasteiger partial charge in [0, 0.05) is 265 Å². The molecule has 0 saturated heterocycles. The molecule has 0 saturated carbocycles. The number of ether oxygens (including phenoxy) is 5. The van der Waals surface area contributed by atoms with Crippen LogP contribution in [0.5, 0.6) is 28.7 Å². The van der Waals surface area contributed by atoms with E-state index in [0.717, 1.165) is 118 Å². The number of aryl methyl sites for hydroxylation is 14. The van der Waals surface area contributed by atoms with Gasteiger partial charge < -0.3 is 23.7 Å². The van der Waals surface area contributed by atoms with E-state index < -0.39 is 34.9 Å². The second-order valence-corrected chi connectivity index (χ2v) is 29.4. The van der Waals surface area contributed by atoms with E-state index in [1.807, 2.05) is 134 Å². The van der Waals surface area contributed by atoms with Gasteiger partial charge in [-0.2, -0.15) is 163 Å². The van der Waals surface area contributed by atoms with Crippen molar-refractivity contribution in [3.63, 3.8) is 0 Å². The molecular weight excluding hydrogens is 2160 g/mol. The third-order valence-electron chi connectivity index (χ3n) is 19.2. The molecule has 10 aromatic carbocycles. The largest absolute Gasteiger partial charge is 0.514 e. The van der Waals surface area contributed by atoms with Crippen LogP contribution in [0.15, 0.2) is 192 Å². The summed E-state index contributed by atoms with van der Waals surface area (Å²) in [5.41, 5.74) is 11.1. The number of halogens is 8. The number of hydrogen-bond donors (Lipinski definition) is 0. The molecule has 0 atom stereocenters. The third kappa shape index (κ3) is 27.6. The number of hydrogen-bond acceptors (Lipinski definition) is 20. The Bertz CT molecular complexity index is 6340. The third-order valence-corrected chi connectivity index (χ3v) is 20.3. The molecule has 5 heterocycles. The van der Waals surface area contributed by atoms with Crippen LogP contribution in [-0.4, -0.2) is 99.0 Å². The summed E-state index contributed by atoms with van der Waals surface area (Å²) in [5.74, 6) is 1.75. The Morgan fingerprint density at radius 2 is 0.623 bits per heavy atom. The minimum Gasteiger partial charge on any atom is -0.514 e. The van der Waals surface area contributed by atoms with Crippen LogP contribution in [0.1, 0.15) is 95.9 Å². The standard InChI is InChI=1S/C18H16F3N4O2.C18H19N4O2.C17H16BrN4O2.C17H16ClN4O2.C17H14F3N4O2.5Y/c1-3-12-7-6-9-15(25-17(26)24(2)22-23-25)13(12)11-27-16-10-5-4-8-14(16)18(19,20)21;1-12-8-9-14(3)17(10-12)24-11-15-13(2)6-5-7-16(15)22-18(23)21(4)19-20-22;2*1-11-7-8-12(2)16(9-11)24-10-13-14(18)5-4-6-15(13)22-17(23)21(3)19-20-22;1-11-6-5-8-14(24-16(25)23(2)21-22-24)12(11)10-26-15-9-4-3-7-13(15)17(18,19)20;;;;;/h5-10H,3,11H2,1-2H3;5-7,9-10H,11H2,1-4H3;2*4-6,8-9H,10H2,1-3H3;4-9H,10H2,1-2H3;;;;;/q5*-1;;;;;. The van der Waals surface area contributed by atoms with Gasteiger partial charge >= 0.3 is 40.8 Å². The Kier molecular flexibility index (Phi) is 42.3. The van der Waals surface area contributed by atoms with E-state index in [9.17, 15) is 50.3 Å². The quantitative estimate of drug-likeness (QED) is 0.0476. The molecule has 0 bridgehead atoms. The van der Waals surface area contributed by atoms with Crippen molar-refractivity contribution in [1.82, 2.24) is 99.0 Å². The molecule has 0 unspecified atom stereocenters. The fourth-order valence-electron chi connectivity index (χ4n) is 12.2. The van der Waals surface area contributed by atoms with E-state index >= 15 is 0 Å². The van der Waals surface area contributed by atoms with E-state index in [2.05, 4.69) is 98.4 Å². The monoisotopic (exact) mass is 2240 g/mol. The van der Waals surface area contributed by atoms with Crippen LogP contribution < -0.4 is 52.1 Å². The average Bonchev–Trinajstić information content (AvgIpc) is 1.62. The second kappa shape index (κ2) is 50.0. The normalized spacial score (nSPS) is 10.7. The van der Waals surface area contributed by atoms with Gasteiger partial charge in [0.15, 0.2) is 0 Å². The molecule has 15 aromatic rings. The zero-order valence-corrected chi connectivity index (χ0v) is 89.3. The van der Waals surface area contributed by atoms with E-state index in [0.29, 0.717) is 69.8 Å². The zero-order valence-electron chi connectivity index (χ0n) is 72.8. The minimum absolute atomic E-state index is 0. The molecule has 0 N–H and O–H groups in total. The molecule has 0 aliphatic rings. The van der Waals surface area contributed by atoms with E-state index in [1.54, 1.807) is 76.6 Å². The summed E-state index contributed by atoms with van der Waals surface area (Å²) in [4.78, 5) is 60.7. The molecular formula is C87H81BrClF6N20O10Y5-5. The fourth-order valence-corrected chi connectivity index (χ4v) is 12.9. The molecule has 43 heteroatoms. The SMILES string of the molecule is CCc1cccc(-n2nnn(C)c2=O)c1COc1cc[c-]cc1C(F)(F)F.Cc1[c-]cc(C)c(OCc2c(Br)cccc2-n2nnn(C)c2=O)c1.Cc1[c-]cc(C)c(OCc2c(C)cccc2-n2nnn(C)c2=O)c1.Cc1[c-]cc(C)c(OCc2c(Cl)cccc2-n2nnn(C)c2=O)c1.Cc1cccc(-n2nnn(C)c2=O)c1COc1cc[c-]cc1C(F)(F)F.[Y].[Y].[Y].[Y].[Y]. The molecule has 0 amide bonds. The molecule has 0 aliphatic carbocycles. The van der Waals surface area contributed by atoms with Crippen LogP contribution in [0.3, 0.4) is 0 Å². The number of alkyl halides is 6. The molecule has 0 spiro atoms. The maximum atomic E-state index is 13.2. The molecule has 15 rings (SSSR count). The zero-order chi connectivity index (χ0) is 90.3. The van der Waals surface area contributed by atoms with Crippen molar-refractivity contribution in [2.75, 3.05) is 0 Å². The van der Waals surface area contributed by atoms with Crippen LogP contribution in [0.4, 0.5) is 26.3 Å². The van der Waals surface area contributed by atoms with Gasteiger partial charge in [-0.25, -0.2) is 24.0 Å². The van der Waals surface area contributed by atoms with Crippen molar-refractivity contribution in [2.24, 2.45) is 35.2 Å². The predicted octanol–water partition coefficient (Wildman–Crippen LogP) is 13.2. The predicted molar refractivity (Wildman–Crippen MR) is 451 cm³/mol. The van der Waals surface area contributed by atoms with Crippen molar-refractivity contribution in [2.45, 2.75) is 114 Å². The van der Waals surface area contributed by atoms with Gasteiger partial charge in [0.1, 0.15) is 33.0 Å². The van der Waals surface area contributed by atoms with Gasteiger partial charge in [-0.05, 0) is 143 Å². The summed E-state index contributed by atoms with van der Waals surface area (Å²) >= 11 is 9.84. The molecule has 0 fully saturated rings. The van der Waals surface area contributed by atoms with Crippen molar-refractivity contribution in [3.05, 3.63) is 345 Å². The van der Waals surface area contributed by atoms with Crippen molar-refractivity contribution < 1.29 is 214 Å². The average molecular weight is 2240 g/mol. The van der Waals surface area contributed by atoms with Gasteiger partial charge in [-0.1, -0.05) is 125 Å². The maximum absolute atomic E-state index is 13.2. The number of aromatic nitrogens is 20. The van der Waals surface area contributed by atoms with Gasteiger partial charge in [0.05, 0.1) is 28.4 Å². The van der Waals surface area contributed by atoms with Crippen LogP contribution in [0.25, 0.3) is 28.4 Å². The summed E-state index contributed by atoms with van der Waals surface area (Å²) < 4.78 is 120. The second-order valence-electron chi connectivity index (χ2n) is 28.1. The Labute approximate surface area is 881 Å². The fraction of sp³-hybridized carbons (Fsp3) is 0.253. The Hall–Kier alpha value is -8.58. The molecule has 30 nitrogen and oxygen atoms in total. The molecule has 130 heavy (non-hydrogen) atoms.